The zero-order valence-corrected chi connectivity index (χ0v) is 11.5. The van der Waals surface area contributed by atoms with E-state index in [1.165, 1.54) is 0 Å². The monoisotopic (exact) mass is 283 g/mol. The van der Waals surface area contributed by atoms with Crippen molar-refractivity contribution in [1.82, 2.24) is 10.1 Å². The molecule has 1 atom stereocenters. The minimum absolute atomic E-state index is 0.0408. The van der Waals surface area contributed by atoms with Crippen LogP contribution in [-0.2, 0) is 24.2 Å². The number of fused-ring (bicyclic) bond motifs is 1. The first-order valence-electron chi connectivity index (χ1n) is 6.62. The van der Waals surface area contributed by atoms with Gasteiger partial charge in [0, 0.05) is 5.92 Å². The maximum Gasteiger partial charge on any atom is 0.264 e. The van der Waals surface area contributed by atoms with Crippen LogP contribution >= 0.6 is 0 Å². The summed E-state index contributed by atoms with van der Waals surface area (Å²) in [5.41, 5.74) is 2.52. The molecule has 1 heterocycles. The minimum atomic E-state index is -0.0408. The molecule has 1 aromatic heterocycles. The van der Waals surface area contributed by atoms with Crippen LogP contribution in [0, 0.1) is 24.2 Å². The van der Waals surface area contributed by atoms with Gasteiger partial charge in [0.2, 0.25) is 0 Å². The molecule has 0 saturated heterocycles. The topological polar surface area (TPSA) is 89.0 Å². The van der Waals surface area contributed by atoms with E-state index in [1.54, 1.807) is 13.0 Å². The SMILES string of the molecule is Cc1noc(COc2cc(C#N)c3c(c2)CC(C=O)C3)n1. The molecule has 0 amide bonds. The Balaban J connectivity index is 1.81. The van der Waals surface area contributed by atoms with Crippen molar-refractivity contribution in [2.45, 2.75) is 26.4 Å². The average Bonchev–Trinajstić information content (AvgIpc) is 3.09. The molecule has 1 aromatic carbocycles. The van der Waals surface area contributed by atoms with E-state index in [0.717, 1.165) is 17.4 Å². The van der Waals surface area contributed by atoms with E-state index in [1.807, 2.05) is 6.07 Å². The number of carbonyl (C=O) groups is 1. The number of hydrogen-bond donors (Lipinski definition) is 0. The Morgan fingerprint density at radius 3 is 3.05 bits per heavy atom. The summed E-state index contributed by atoms with van der Waals surface area (Å²) in [5.74, 6) is 1.47. The smallest absolute Gasteiger partial charge is 0.264 e. The van der Waals surface area contributed by atoms with E-state index >= 15 is 0 Å². The molecule has 2 aromatic rings. The Hall–Kier alpha value is -2.68. The lowest BCUT2D eigenvalue weighted by atomic mass is 10.0. The average molecular weight is 283 g/mol. The van der Waals surface area contributed by atoms with Crippen molar-refractivity contribution in [3.63, 3.8) is 0 Å². The number of benzene rings is 1. The van der Waals surface area contributed by atoms with Crippen LogP contribution in [0.25, 0.3) is 0 Å². The quantitative estimate of drug-likeness (QED) is 0.794. The van der Waals surface area contributed by atoms with Gasteiger partial charge in [-0.2, -0.15) is 10.2 Å². The van der Waals surface area contributed by atoms with Crippen LogP contribution in [0.2, 0.25) is 0 Å². The van der Waals surface area contributed by atoms with E-state index in [9.17, 15) is 10.1 Å². The molecular weight excluding hydrogens is 270 g/mol. The summed E-state index contributed by atoms with van der Waals surface area (Å²) in [6, 6.07) is 5.73. The molecule has 0 fully saturated rings. The highest BCUT2D eigenvalue weighted by Gasteiger charge is 2.24. The van der Waals surface area contributed by atoms with E-state index in [4.69, 9.17) is 9.26 Å². The molecule has 6 nitrogen and oxygen atoms in total. The number of aromatic nitrogens is 2. The van der Waals surface area contributed by atoms with E-state index in [-0.39, 0.29) is 12.5 Å². The van der Waals surface area contributed by atoms with Gasteiger partial charge in [-0.05, 0) is 43.0 Å². The van der Waals surface area contributed by atoms with Gasteiger partial charge < -0.3 is 14.1 Å². The van der Waals surface area contributed by atoms with E-state index in [0.29, 0.717) is 35.9 Å². The summed E-state index contributed by atoms with van der Waals surface area (Å²) in [5, 5.41) is 12.9. The highest BCUT2D eigenvalue weighted by molar-refractivity contribution is 5.61. The summed E-state index contributed by atoms with van der Waals surface area (Å²) in [6.07, 6.45) is 2.23. The van der Waals surface area contributed by atoms with Gasteiger partial charge in [-0.15, -0.1) is 0 Å². The van der Waals surface area contributed by atoms with Crippen molar-refractivity contribution in [3.8, 4) is 11.8 Å². The van der Waals surface area contributed by atoms with E-state index < -0.39 is 0 Å². The standard InChI is InChI=1S/C15H13N3O3/c1-9-17-15(21-18-9)8-20-13-4-11-2-10(7-19)3-14(11)12(5-13)6-16/h4-5,7,10H,2-3,8H2,1H3. The highest BCUT2D eigenvalue weighted by Crippen LogP contribution is 2.32. The maximum absolute atomic E-state index is 10.9. The van der Waals surface area contributed by atoms with Crippen LogP contribution in [0.3, 0.4) is 0 Å². The second-order valence-electron chi connectivity index (χ2n) is 5.05. The van der Waals surface area contributed by atoms with Crippen molar-refractivity contribution in [3.05, 3.63) is 40.5 Å². The number of carbonyl (C=O) groups excluding carboxylic acids is 1. The summed E-state index contributed by atoms with van der Waals surface area (Å²) in [7, 11) is 0. The van der Waals surface area contributed by atoms with Gasteiger partial charge in [0.1, 0.15) is 12.0 Å². The van der Waals surface area contributed by atoms with Gasteiger partial charge in [0.25, 0.3) is 5.89 Å². The molecule has 1 aliphatic carbocycles. The molecule has 1 aliphatic rings. The Morgan fingerprint density at radius 1 is 1.52 bits per heavy atom. The molecule has 0 saturated carbocycles. The number of nitrogens with zero attached hydrogens (tertiary/aromatic N) is 3. The third-order valence-electron chi connectivity index (χ3n) is 3.51. The molecule has 0 bridgehead atoms. The molecule has 1 unspecified atom stereocenters. The third-order valence-corrected chi connectivity index (χ3v) is 3.51. The second kappa shape index (κ2) is 5.37. The Bertz CT molecular complexity index is 730. The zero-order chi connectivity index (χ0) is 14.8. The van der Waals surface area contributed by atoms with Gasteiger partial charge in [-0.3, -0.25) is 0 Å². The molecule has 0 aliphatic heterocycles. The van der Waals surface area contributed by atoms with Gasteiger partial charge >= 0.3 is 0 Å². The maximum atomic E-state index is 10.9. The molecule has 0 spiro atoms. The first kappa shape index (κ1) is 13.3. The molecule has 21 heavy (non-hydrogen) atoms. The summed E-state index contributed by atoms with van der Waals surface area (Å²) < 4.78 is 10.6. The van der Waals surface area contributed by atoms with Gasteiger partial charge in [-0.25, -0.2) is 0 Å². The van der Waals surface area contributed by atoms with Crippen LogP contribution < -0.4 is 4.74 Å². The Kier molecular flexibility index (Phi) is 3.40. The lowest BCUT2D eigenvalue weighted by Crippen LogP contribution is -1.99. The number of ether oxygens (including phenoxy) is 1. The Morgan fingerprint density at radius 2 is 2.38 bits per heavy atom. The van der Waals surface area contributed by atoms with E-state index in [2.05, 4.69) is 16.2 Å². The van der Waals surface area contributed by atoms with Crippen molar-refractivity contribution < 1.29 is 14.1 Å². The van der Waals surface area contributed by atoms with Crippen LogP contribution in [-0.4, -0.2) is 16.4 Å². The summed E-state index contributed by atoms with van der Waals surface area (Å²) in [6.45, 7) is 1.89. The van der Waals surface area contributed by atoms with Crippen molar-refractivity contribution in [1.29, 1.82) is 5.26 Å². The predicted octanol–water partition coefficient (Wildman–Crippen LogP) is 1.74. The molecule has 0 radical (unpaired) electrons. The largest absolute Gasteiger partial charge is 0.484 e. The zero-order valence-electron chi connectivity index (χ0n) is 11.5. The van der Waals surface area contributed by atoms with Gasteiger partial charge in [0.15, 0.2) is 12.4 Å². The van der Waals surface area contributed by atoms with Gasteiger partial charge in [0.05, 0.1) is 11.6 Å². The van der Waals surface area contributed by atoms with Crippen LogP contribution in [0.4, 0.5) is 0 Å². The second-order valence-corrected chi connectivity index (χ2v) is 5.05. The van der Waals surface area contributed by atoms with Crippen molar-refractivity contribution in [2.24, 2.45) is 5.92 Å². The highest BCUT2D eigenvalue weighted by atomic mass is 16.5. The molecular formula is C15H13N3O3. The lowest BCUT2D eigenvalue weighted by Gasteiger charge is -2.07. The molecule has 3 rings (SSSR count). The minimum Gasteiger partial charge on any atom is -0.484 e. The third kappa shape index (κ3) is 2.63. The number of rotatable bonds is 4. The Labute approximate surface area is 121 Å². The first-order valence-corrected chi connectivity index (χ1v) is 6.62. The number of aldehydes is 1. The fourth-order valence-corrected chi connectivity index (χ4v) is 2.57. The normalized spacial score (nSPS) is 16.3. The lowest BCUT2D eigenvalue weighted by molar-refractivity contribution is -0.110. The first-order chi connectivity index (χ1) is 10.2. The molecule has 6 heteroatoms. The summed E-state index contributed by atoms with van der Waals surface area (Å²) in [4.78, 5) is 15.0. The number of hydrogen-bond acceptors (Lipinski definition) is 6. The van der Waals surface area contributed by atoms with Gasteiger partial charge in [-0.1, -0.05) is 5.16 Å². The summed E-state index contributed by atoms with van der Waals surface area (Å²) >= 11 is 0. The fraction of sp³-hybridized carbons (Fsp3) is 0.333. The van der Waals surface area contributed by atoms with Crippen LogP contribution in [0.1, 0.15) is 28.4 Å². The van der Waals surface area contributed by atoms with Crippen molar-refractivity contribution in [2.75, 3.05) is 0 Å². The van der Waals surface area contributed by atoms with Crippen LogP contribution in [0.15, 0.2) is 16.7 Å². The number of aryl methyl sites for hydroxylation is 1. The van der Waals surface area contributed by atoms with Crippen LogP contribution in [0.5, 0.6) is 5.75 Å². The fourth-order valence-electron chi connectivity index (χ4n) is 2.57. The molecule has 106 valence electrons. The van der Waals surface area contributed by atoms with Crippen molar-refractivity contribution >= 4 is 6.29 Å². The number of nitriles is 1. The predicted molar refractivity (Wildman–Crippen MR) is 71.5 cm³/mol. The molecule has 0 N–H and O–H groups in total.